The van der Waals surface area contributed by atoms with Crippen LogP contribution in [0.5, 0.6) is 0 Å². The van der Waals surface area contributed by atoms with Crippen molar-refractivity contribution in [3.8, 4) is 0 Å². The quantitative estimate of drug-likeness (QED) is 0.796. The molecular weight excluding hydrogens is 264 g/mol. The second kappa shape index (κ2) is 5.61. The van der Waals surface area contributed by atoms with Crippen LogP contribution in [0.2, 0.25) is 0 Å². The van der Waals surface area contributed by atoms with E-state index >= 15 is 0 Å². The number of rotatable bonds is 4. The molecular formula is C13H18N2O3S. The number of amides is 1. The first-order chi connectivity index (χ1) is 8.94. The second-order valence-corrected chi connectivity index (χ2v) is 7.22. The van der Waals surface area contributed by atoms with E-state index in [2.05, 4.69) is 5.32 Å². The summed E-state index contributed by atoms with van der Waals surface area (Å²) >= 11 is 0. The van der Waals surface area contributed by atoms with Crippen molar-refractivity contribution in [1.29, 1.82) is 0 Å². The summed E-state index contributed by atoms with van der Waals surface area (Å²) in [5.41, 5.74) is 7.23. The molecule has 1 atom stereocenters. The minimum Gasteiger partial charge on any atom is -0.399 e. The van der Waals surface area contributed by atoms with E-state index in [-0.39, 0.29) is 29.8 Å². The largest absolute Gasteiger partial charge is 0.399 e. The standard InChI is InChI=1S/C13H18N2O3S/c14-12-3-1-10(2-4-12)8-15-13(16)7-11-5-6-19(17,18)9-11/h1-4,11H,5-9,14H2,(H,15,16). The van der Waals surface area contributed by atoms with E-state index in [4.69, 9.17) is 5.73 Å². The molecule has 0 saturated carbocycles. The number of carbonyl (C=O) groups excluding carboxylic acids is 1. The number of benzene rings is 1. The Hall–Kier alpha value is -1.56. The fourth-order valence-electron chi connectivity index (χ4n) is 2.20. The summed E-state index contributed by atoms with van der Waals surface area (Å²) in [6.45, 7) is 0.443. The Kier molecular flexibility index (Phi) is 4.09. The number of nitrogens with two attached hydrogens (primary N) is 1. The van der Waals surface area contributed by atoms with Gasteiger partial charge in [-0.3, -0.25) is 4.79 Å². The van der Waals surface area contributed by atoms with E-state index in [1.54, 1.807) is 12.1 Å². The predicted molar refractivity (Wildman–Crippen MR) is 74.1 cm³/mol. The van der Waals surface area contributed by atoms with Crippen LogP contribution in [0.1, 0.15) is 18.4 Å². The summed E-state index contributed by atoms with van der Waals surface area (Å²) in [5, 5.41) is 2.80. The lowest BCUT2D eigenvalue weighted by atomic mass is 10.0. The zero-order valence-corrected chi connectivity index (χ0v) is 11.4. The van der Waals surface area contributed by atoms with E-state index < -0.39 is 9.84 Å². The minimum atomic E-state index is -2.91. The van der Waals surface area contributed by atoms with Crippen molar-refractivity contribution < 1.29 is 13.2 Å². The molecule has 1 heterocycles. The van der Waals surface area contributed by atoms with Gasteiger partial charge in [0.2, 0.25) is 5.91 Å². The molecule has 1 aliphatic heterocycles. The first-order valence-corrected chi connectivity index (χ1v) is 8.08. The third kappa shape index (κ3) is 4.24. The van der Waals surface area contributed by atoms with Gasteiger partial charge in [-0.1, -0.05) is 12.1 Å². The fourth-order valence-corrected chi connectivity index (χ4v) is 4.07. The molecule has 2 rings (SSSR count). The number of hydrogen-bond acceptors (Lipinski definition) is 4. The molecule has 0 aromatic heterocycles. The molecule has 0 bridgehead atoms. The maximum Gasteiger partial charge on any atom is 0.220 e. The molecule has 19 heavy (non-hydrogen) atoms. The molecule has 0 spiro atoms. The number of carbonyl (C=O) groups is 1. The molecule has 0 radical (unpaired) electrons. The van der Waals surface area contributed by atoms with Gasteiger partial charge in [-0.15, -0.1) is 0 Å². The highest BCUT2D eigenvalue weighted by molar-refractivity contribution is 7.91. The highest BCUT2D eigenvalue weighted by Gasteiger charge is 2.29. The van der Waals surface area contributed by atoms with Crippen molar-refractivity contribution in [2.75, 3.05) is 17.2 Å². The third-order valence-electron chi connectivity index (χ3n) is 3.27. The molecule has 1 aromatic carbocycles. The van der Waals surface area contributed by atoms with Crippen molar-refractivity contribution in [3.05, 3.63) is 29.8 Å². The van der Waals surface area contributed by atoms with Crippen molar-refractivity contribution in [1.82, 2.24) is 5.32 Å². The van der Waals surface area contributed by atoms with Crippen LogP contribution in [0.3, 0.4) is 0 Å². The Balaban J connectivity index is 1.77. The Bertz CT molecular complexity index is 552. The first-order valence-electron chi connectivity index (χ1n) is 6.26. The van der Waals surface area contributed by atoms with Crippen molar-refractivity contribution in [2.24, 2.45) is 5.92 Å². The average Bonchev–Trinajstić information content (AvgIpc) is 2.68. The van der Waals surface area contributed by atoms with Gasteiger partial charge in [0.15, 0.2) is 9.84 Å². The molecule has 1 unspecified atom stereocenters. The topological polar surface area (TPSA) is 89.3 Å². The SMILES string of the molecule is Nc1ccc(CNC(=O)CC2CCS(=O)(=O)C2)cc1. The molecule has 5 nitrogen and oxygen atoms in total. The summed E-state index contributed by atoms with van der Waals surface area (Å²) in [7, 11) is -2.91. The van der Waals surface area contributed by atoms with Crippen LogP contribution in [-0.4, -0.2) is 25.8 Å². The van der Waals surface area contributed by atoms with Crippen LogP contribution in [0.4, 0.5) is 5.69 Å². The van der Waals surface area contributed by atoms with Crippen LogP contribution < -0.4 is 11.1 Å². The summed E-state index contributed by atoms with van der Waals surface area (Å²) in [6, 6.07) is 7.28. The van der Waals surface area contributed by atoms with Crippen LogP contribution in [0.25, 0.3) is 0 Å². The van der Waals surface area contributed by atoms with Crippen molar-refractivity contribution >= 4 is 21.4 Å². The molecule has 3 N–H and O–H groups in total. The first kappa shape index (κ1) is 13.9. The molecule has 0 aliphatic carbocycles. The van der Waals surface area contributed by atoms with Crippen LogP contribution in [0.15, 0.2) is 24.3 Å². The maximum absolute atomic E-state index is 11.7. The highest BCUT2D eigenvalue weighted by atomic mass is 32.2. The zero-order valence-electron chi connectivity index (χ0n) is 10.6. The second-order valence-electron chi connectivity index (χ2n) is 4.99. The summed E-state index contributed by atoms with van der Waals surface area (Å²) in [6.07, 6.45) is 0.881. The van der Waals surface area contributed by atoms with Crippen molar-refractivity contribution in [2.45, 2.75) is 19.4 Å². The average molecular weight is 282 g/mol. The summed E-state index contributed by atoms with van der Waals surface area (Å²) < 4.78 is 22.6. The zero-order chi connectivity index (χ0) is 13.9. The van der Waals surface area contributed by atoms with Gasteiger partial charge in [0.25, 0.3) is 0 Å². The van der Waals surface area contributed by atoms with E-state index in [0.29, 0.717) is 18.7 Å². The Morgan fingerprint density at radius 2 is 2.00 bits per heavy atom. The number of sulfone groups is 1. The molecule has 1 fully saturated rings. The normalized spacial score (nSPS) is 21.2. The van der Waals surface area contributed by atoms with Gasteiger partial charge in [-0.2, -0.15) is 0 Å². The Labute approximate surface area is 113 Å². The highest BCUT2D eigenvalue weighted by Crippen LogP contribution is 2.21. The lowest BCUT2D eigenvalue weighted by Crippen LogP contribution is -2.25. The van der Waals surface area contributed by atoms with E-state index in [0.717, 1.165) is 5.56 Å². The van der Waals surface area contributed by atoms with Crippen molar-refractivity contribution in [3.63, 3.8) is 0 Å². The van der Waals surface area contributed by atoms with Gasteiger partial charge in [-0.05, 0) is 30.0 Å². The van der Waals surface area contributed by atoms with E-state index in [9.17, 15) is 13.2 Å². The summed E-state index contributed by atoms with van der Waals surface area (Å²) in [4.78, 5) is 11.7. The number of anilines is 1. The Morgan fingerprint density at radius 3 is 2.58 bits per heavy atom. The molecule has 104 valence electrons. The minimum absolute atomic E-state index is 0.0311. The van der Waals surface area contributed by atoms with Gasteiger partial charge in [0.05, 0.1) is 11.5 Å². The van der Waals surface area contributed by atoms with Crippen LogP contribution in [-0.2, 0) is 21.2 Å². The molecule has 1 aromatic rings. The van der Waals surface area contributed by atoms with Gasteiger partial charge in [0, 0.05) is 18.7 Å². The summed E-state index contributed by atoms with van der Waals surface area (Å²) in [5.74, 6) is 0.223. The molecule has 1 amide bonds. The molecule has 6 heteroatoms. The monoisotopic (exact) mass is 282 g/mol. The van der Waals surface area contributed by atoms with E-state index in [1.807, 2.05) is 12.1 Å². The lowest BCUT2D eigenvalue weighted by Gasteiger charge is -2.09. The maximum atomic E-state index is 11.7. The lowest BCUT2D eigenvalue weighted by molar-refractivity contribution is -0.122. The number of hydrogen-bond donors (Lipinski definition) is 2. The predicted octanol–water partition coefficient (Wildman–Crippen LogP) is 0.710. The molecule has 1 saturated heterocycles. The van der Waals surface area contributed by atoms with Crippen LogP contribution in [0, 0.1) is 5.92 Å². The third-order valence-corrected chi connectivity index (χ3v) is 5.11. The van der Waals surface area contributed by atoms with Gasteiger partial charge >= 0.3 is 0 Å². The van der Waals surface area contributed by atoms with Gasteiger partial charge in [0.1, 0.15) is 0 Å². The van der Waals surface area contributed by atoms with Crippen LogP contribution >= 0.6 is 0 Å². The van der Waals surface area contributed by atoms with Gasteiger partial charge in [-0.25, -0.2) is 8.42 Å². The Morgan fingerprint density at radius 1 is 1.32 bits per heavy atom. The number of nitrogen functional groups attached to an aromatic ring is 1. The number of nitrogens with one attached hydrogen (secondary N) is 1. The van der Waals surface area contributed by atoms with Gasteiger partial charge < -0.3 is 11.1 Å². The van der Waals surface area contributed by atoms with E-state index in [1.165, 1.54) is 0 Å². The smallest absolute Gasteiger partial charge is 0.220 e. The molecule has 1 aliphatic rings. The fraction of sp³-hybridized carbons (Fsp3) is 0.462.